The van der Waals surface area contributed by atoms with Crippen molar-refractivity contribution in [3.8, 4) is 0 Å². The first kappa shape index (κ1) is 19.0. The zero-order valence-electron chi connectivity index (χ0n) is 15.3. The van der Waals surface area contributed by atoms with E-state index in [0.717, 1.165) is 5.56 Å². The van der Waals surface area contributed by atoms with E-state index in [-0.39, 0.29) is 23.8 Å². The van der Waals surface area contributed by atoms with Crippen molar-refractivity contribution in [3.63, 3.8) is 0 Å². The molecule has 0 aliphatic carbocycles. The number of benzene rings is 1. The maximum Gasteiger partial charge on any atom is 0.338 e. The lowest BCUT2D eigenvalue weighted by molar-refractivity contribution is -0.128. The van der Waals surface area contributed by atoms with Gasteiger partial charge in [-0.3, -0.25) is 9.59 Å². The molecule has 0 aromatic heterocycles. The van der Waals surface area contributed by atoms with Crippen LogP contribution >= 0.6 is 0 Å². The van der Waals surface area contributed by atoms with Gasteiger partial charge in [0, 0.05) is 25.9 Å². The van der Waals surface area contributed by atoms with E-state index in [1.165, 1.54) is 0 Å². The lowest BCUT2D eigenvalue weighted by Gasteiger charge is -2.20. The summed E-state index contributed by atoms with van der Waals surface area (Å²) in [6, 6.07) is 6.94. The van der Waals surface area contributed by atoms with Crippen LogP contribution in [0, 0.1) is 0 Å². The number of amides is 2. The Hall–Kier alpha value is -2.37. The fourth-order valence-electron chi connectivity index (χ4n) is 2.66. The highest BCUT2D eigenvalue weighted by atomic mass is 16.6. The first-order valence-electron chi connectivity index (χ1n) is 8.57. The minimum atomic E-state index is -0.532. The fraction of sp³-hybridized carbons (Fsp3) is 0.526. The van der Waals surface area contributed by atoms with Gasteiger partial charge in [0.05, 0.1) is 11.6 Å². The Balaban J connectivity index is 1.94. The molecule has 1 aromatic carbocycles. The van der Waals surface area contributed by atoms with Crippen LogP contribution in [0.5, 0.6) is 0 Å². The normalized spacial score (nSPS) is 17.5. The second kappa shape index (κ2) is 7.68. The van der Waals surface area contributed by atoms with Gasteiger partial charge in [0.25, 0.3) is 0 Å². The van der Waals surface area contributed by atoms with E-state index in [9.17, 15) is 14.4 Å². The Morgan fingerprint density at radius 2 is 1.88 bits per heavy atom. The van der Waals surface area contributed by atoms with Crippen LogP contribution in [-0.4, -0.2) is 40.9 Å². The molecule has 1 unspecified atom stereocenters. The van der Waals surface area contributed by atoms with Gasteiger partial charge in [0.1, 0.15) is 5.60 Å². The van der Waals surface area contributed by atoms with Crippen LogP contribution in [0.4, 0.5) is 0 Å². The van der Waals surface area contributed by atoms with Gasteiger partial charge in [-0.25, -0.2) is 4.79 Å². The van der Waals surface area contributed by atoms with Crippen molar-refractivity contribution in [2.24, 2.45) is 0 Å². The molecule has 2 rings (SSSR count). The second-order valence-electron chi connectivity index (χ2n) is 7.30. The summed E-state index contributed by atoms with van der Waals surface area (Å²) in [5.74, 6) is -0.377. The Morgan fingerprint density at radius 3 is 2.44 bits per heavy atom. The molecule has 1 N–H and O–H groups in total. The van der Waals surface area contributed by atoms with Crippen LogP contribution in [0.1, 0.15) is 56.5 Å². The maximum atomic E-state index is 12.1. The molecule has 1 aliphatic heterocycles. The Labute approximate surface area is 148 Å². The fourth-order valence-corrected chi connectivity index (χ4v) is 2.66. The third-order valence-electron chi connectivity index (χ3n) is 3.86. The van der Waals surface area contributed by atoms with E-state index in [0.29, 0.717) is 31.5 Å². The third kappa shape index (κ3) is 5.59. The number of nitrogens with one attached hydrogen (secondary N) is 1. The molecule has 6 nitrogen and oxygen atoms in total. The van der Waals surface area contributed by atoms with Crippen molar-refractivity contribution in [3.05, 3.63) is 35.4 Å². The van der Waals surface area contributed by atoms with E-state index < -0.39 is 5.60 Å². The molecule has 0 spiro atoms. The summed E-state index contributed by atoms with van der Waals surface area (Å²) < 4.78 is 5.33. The van der Waals surface area contributed by atoms with Gasteiger partial charge >= 0.3 is 5.97 Å². The van der Waals surface area contributed by atoms with Gasteiger partial charge in [-0.2, -0.15) is 0 Å². The van der Waals surface area contributed by atoms with E-state index in [1.54, 1.807) is 24.0 Å². The van der Waals surface area contributed by atoms with Crippen molar-refractivity contribution in [2.75, 3.05) is 6.54 Å². The highest BCUT2D eigenvalue weighted by molar-refractivity contribution is 5.89. The molecule has 6 heteroatoms. The maximum absolute atomic E-state index is 12.1. The first-order chi connectivity index (χ1) is 11.7. The van der Waals surface area contributed by atoms with Gasteiger partial charge in [0.15, 0.2) is 0 Å². The number of nitrogens with zero attached hydrogens (tertiary/aromatic N) is 1. The van der Waals surface area contributed by atoms with E-state index in [1.807, 2.05) is 32.9 Å². The highest BCUT2D eigenvalue weighted by Gasteiger charge is 2.30. The van der Waals surface area contributed by atoms with Crippen molar-refractivity contribution < 1.29 is 19.1 Å². The van der Waals surface area contributed by atoms with Gasteiger partial charge in [-0.05, 0) is 38.5 Å². The largest absolute Gasteiger partial charge is 0.456 e. The second-order valence-corrected chi connectivity index (χ2v) is 7.30. The summed E-state index contributed by atoms with van der Waals surface area (Å²) in [4.78, 5) is 37.3. The SMILES string of the molecule is CCC(=O)NC1CC(=O)N(Cc2ccc(C(=O)OC(C)(C)C)cc2)C1. The summed E-state index contributed by atoms with van der Waals surface area (Å²) >= 11 is 0. The van der Waals surface area contributed by atoms with Gasteiger partial charge in [-0.1, -0.05) is 19.1 Å². The molecule has 25 heavy (non-hydrogen) atoms. The van der Waals surface area contributed by atoms with Gasteiger partial charge in [0.2, 0.25) is 11.8 Å². The van der Waals surface area contributed by atoms with E-state index in [2.05, 4.69) is 5.32 Å². The molecule has 136 valence electrons. The topological polar surface area (TPSA) is 75.7 Å². The minimum Gasteiger partial charge on any atom is -0.456 e. The van der Waals surface area contributed by atoms with Crippen molar-refractivity contribution in [1.82, 2.24) is 10.2 Å². The Kier molecular flexibility index (Phi) is 5.82. The predicted molar refractivity (Wildman–Crippen MR) is 93.9 cm³/mol. The summed E-state index contributed by atoms with van der Waals surface area (Å²) in [7, 11) is 0. The van der Waals surface area contributed by atoms with Crippen LogP contribution in [0.3, 0.4) is 0 Å². The molecule has 1 heterocycles. The number of ether oxygens (including phenoxy) is 1. The van der Waals surface area contributed by atoms with Crippen LogP contribution in [0.15, 0.2) is 24.3 Å². The molecule has 1 atom stereocenters. The average molecular weight is 346 g/mol. The Bertz CT molecular complexity index is 646. The number of likely N-dealkylation sites (tertiary alicyclic amines) is 1. The Morgan fingerprint density at radius 1 is 1.24 bits per heavy atom. The van der Waals surface area contributed by atoms with Crippen LogP contribution < -0.4 is 5.32 Å². The molecule has 1 fully saturated rings. The summed E-state index contributed by atoms with van der Waals surface area (Å²) in [5, 5.41) is 2.86. The molecule has 1 aromatic rings. The molecule has 1 aliphatic rings. The van der Waals surface area contributed by atoms with Gasteiger partial charge < -0.3 is 15.0 Å². The molecule has 0 radical (unpaired) electrons. The molecule has 0 saturated carbocycles. The predicted octanol–water partition coefficient (Wildman–Crippen LogP) is 2.27. The molecular weight excluding hydrogens is 320 g/mol. The zero-order chi connectivity index (χ0) is 18.6. The number of hydrogen-bond acceptors (Lipinski definition) is 4. The smallest absolute Gasteiger partial charge is 0.338 e. The zero-order valence-corrected chi connectivity index (χ0v) is 15.3. The van der Waals surface area contributed by atoms with Crippen LogP contribution in [0.25, 0.3) is 0 Å². The third-order valence-corrected chi connectivity index (χ3v) is 3.86. The van der Waals surface area contributed by atoms with Crippen LogP contribution in [-0.2, 0) is 20.9 Å². The number of carbonyl (C=O) groups excluding carboxylic acids is 3. The van der Waals surface area contributed by atoms with Crippen molar-refractivity contribution in [1.29, 1.82) is 0 Å². The average Bonchev–Trinajstić information content (AvgIpc) is 2.85. The quantitative estimate of drug-likeness (QED) is 0.830. The van der Waals surface area contributed by atoms with Crippen LogP contribution in [0.2, 0.25) is 0 Å². The summed E-state index contributed by atoms with van der Waals surface area (Å²) in [6.07, 6.45) is 0.749. The molecule has 1 saturated heterocycles. The number of hydrogen-bond donors (Lipinski definition) is 1. The highest BCUT2D eigenvalue weighted by Crippen LogP contribution is 2.17. The lowest BCUT2D eigenvalue weighted by atomic mass is 10.1. The van der Waals surface area contributed by atoms with Crippen molar-refractivity contribution in [2.45, 2.75) is 58.7 Å². The van der Waals surface area contributed by atoms with E-state index in [4.69, 9.17) is 4.74 Å². The lowest BCUT2D eigenvalue weighted by Crippen LogP contribution is -2.36. The summed E-state index contributed by atoms with van der Waals surface area (Å²) in [5.41, 5.74) is 0.887. The molecular formula is C19H26N2O4. The number of rotatable bonds is 5. The summed E-state index contributed by atoms with van der Waals surface area (Å²) in [6.45, 7) is 8.24. The standard InChI is InChI=1S/C19H26N2O4/c1-5-16(22)20-15-10-17(23)21(12-15)11-13-6-8-14(9-7-13)18(24)25-19(2,3)4/h6-9,15H,5,10-12H2,1-4H3,(H,20,22). The number of carbonyl (C=O) groups is 3. The minimum absolute atomic E-state index is 0.0256. The van der Waals surface area contributed by atoms with Crippen molar-refractivity contribution >= 4 is 17.8 Å². The monoisotopic (exact) mass is 346 g/mol. The number of esters is 1. The van der Waals surface area contributed by atoms with Gasteiger partial charge in [-0.15, -0.1) is 0 Å². The molecule has 0 bridgehead atoms. The first-order valence-corrected chi connectivity index (χ1v) is 8.57. The van der Waals surface area contributed by atoms with E-state index >= 15 is 0 Å². The molecule has 2 amide bonds.